The highest BCUT2D eigenvalue weighted by molar-refractivity contribution is 5.98. The van der Waals surface area contributed by atoms with Crippen molar-refractivity contribution in [2.24, 2.45) is 0 Å². The molecule has 39 heavy (non-hydrogen) atoms. The Kier molecular flexibility index (Phi) is 8.64. The maximum Gasteiger partial charge on any atom is 0.254 e. The third-order valence-electron chi connectivity index (χ3n) is 7.69. The fourth-order valence-electron chi connectivity index (χ4n) is 5.52. The molecule has 2 saturated heterocycles. The minimum atomic E-state index is -0.599. The second kappa shape index (κ2) is 12.5. The van der Waals surface area contributed by atoms with E-state index >= 15 is 0 Å². The van der Waals surface area contributed by atoms with Gasteiger partial charge in [0, 0.05) is 57.4 Å². The molecule has 2 amide bonds. The summed E-state index contributed by atoms with van der Waals surface area (Å²) in [4.78, 5) is 33.2. The SMILES string of the molecule is O=C(C1CC(N(CCc2ccccc2)Cc2ccc(F)cc2)CN1C(=O)c1ccc(F)cc1)N1CCNCC1. The number of halogens is 2. The molecule has 0 saturated carbocycles. The van der Waals surface area contributed by atoms with Crippen LogP contribution in [0.15, 0.2) is 78.9 Å². The Balaban J connectivity index is 1.41. The number of benzene rings is 3. The minimum absolute atomic E-state index is 0.0424. The normalized spacial score (nSPS) is 19.5. The second-order valence-corrected chi connectivity index (χ2v) is 10.3. The summed E-state index contributed by atoms with van der Waals surface area (Å²) < 4.78 is 27.2. The molecule has 2 aliphatic rings. The van der Waals surface area contributed by atoms with Crippen molar-refractivity contribution in [2.75, 3.05) is 39.3 Å². The summed E-state index contributed by atoms with van der Waals surface area (Å²) >= 11 is 0. The van der Waals surface area contributed by atoms with Crippen molar-refractivity contribution in [1.29, 1.82) is 0 Å². The molecule has 3 aromatic rings. The van der Waals surface area contributed by atoms with E-state index in [1.165, 1.54) is 42.0 Å². The van der Waals surface area contributed by atoms with E-state index in [-0.39, 0.29) is 23.7 Å². The van der Waals surface area contributed by atoms with Crippen LogP contribution in [0.4, 0.5) is 8.78 Å². The summed E-state index contributed by atoms with van der Waals surface area (Å²) in [5, 5.41) is 3.27. The Bertz CT molecular complexity index is 1250. The lowest BCUT2D eigenvalue weighted by molar-refractivity contribution is -0.135. The van der Waals surface area contributed by atoms with E-state index in [2.05, 4.69) is 22.3 Å². The van der Waals surface area contributed by atoms with Gasteiger partial charge in [-0.25, -0.2) is 8.78 Å². The van der Waals surface area contributed by atoms with Crippen molar-refractivity contribution in [3.05, 3.63) is 107 Å². The van der Waals surface area contributed by atoms with Gasteiger partial charge in [-0.15, -0.1) is 0 Å². The molecule has 2 fully saturated rings. The number of hydrogen-bond donors (Lipinski definition) is 1. The van der Waals surface area contributed by atoms with Gasteiger partial charge in [-0.05, 0) is 60.4 Å². The summed E-state index contributed by atoms with van der Waals surface area (Å²) in [6.45, 7) is 4.33. The number of carbonyl (C=O) groups is 2. The molecule has 2 heterocycles. The van der Waals surface area contributed by atoms with Gasteiger partial charge < -0.3 is 15.1 Å². The van der Waals surface area contributed by atoms with Gasteiger partial charge in [0.15, 0.2) is 0 Å². The first kappa shape index (κ1) is 27.0. The van der Waals surface area contributed by atoms with E-state index in [0.29, 0.717) is 38.2 Å². The van der Waals surface area contributed by atoms with Crippen molar-refractivity contribution >= 4 is 11.8 Å². The number of likely N-dealkylation sites (tertiary alicyclic amines) is 1. The van der Waals surface area contributed by atoms with Gasteiger partial charge in [0.1, 0.15) is 17.7 Å². The lowest BCUT2D eigenvalue weighted by Crippen LogP contribution is -2.53. The lowest BCUT2D eigenvalue weighted by Gasteiger charge is -2.32. The summed E-state index contributed by atoms with van der Waals surface area (Å²) in [6, 6.07) is 21.5. The molecule has 1 N–H and O–H groups in total. The molecule has 204 valence electrons. The average Bonchev–Trinajstić information content (AvgIpc) is 3.42. The van der Waals surface area contributed by atoms with Crippen LogP contribution in [0.1, 0.15) is 27.9 Å². The highest BCUT2D eigenvalue weighted by Gasteiger charge is 2.43. The van der Waals surface area contributed by atoms with Crippen LogP contribution < -0.4 is 5.32 Å². The van der Waals surface area contributed by atoms with Crippen LogP contribution in [0, 0.1) is 11.6 Å². The molecule has 2 atom stereocenters. The third kappa shape index (κ3) is 6.69. The number of piperazine rings is 1. The lowest BCUT2D eigenvalue weighted by atomic mass is 10.1. The van der Waals surface area contributed by atoms with E-state index < -0.39 is 11.9 Å². The molecule has 2 unspecified atom stereocenters. The number of hydrogen-bond acceptors (Lipinski definition) is 4. The maximum atomic E-state index is 13.7. The highest BCUT2D eigenvalue weighted by atomic mass is 19.1. The predicted octanol–water partition coefficient (Wildman–Crippen LogP) is 3.72. The Labute approximate surface area is 228 Å². The molecular weight excluding hydrogens is 498 g/mol. The van der Waals surface area contributed by atoms with E-state index in [1.54, 1.807) is 17.0 Å². The summed E-state index contributed by atoms with van der Waals surface area (Å²) in [5.74, 6) is -1.01. The van der Waals surface area contributed by atoms with Crippen LogP contribution in [-0.4, -0.2) is 77.9 Å². The molecule has 0 aliphatic carbocycles. The van der Waals surface area contributed by atoms with Gasteiger partial charge in [-0.3, -0.25) is 14.5 Å². The van der Waals surface area contributed by atoms with Crippen LogP contribution in [0.25, 0.3) is 0 Å². The van der Waals surface area contributed by atoms with Crippen molar-refractivity contribution in [3.63, 3.8) is 0 Å². The summed E-state index contributed by atoms with van der Waals surface area (Å²) in [5.41, 5.74) is 2.54. The molecule has 0 aromatic heterocycles. The highest BCUT2D eigenvalue weighted by Crippen LogP contribution is 2.28. The molecule has 8 heteroatoms. The van der Waals surface area contributed by atoms with E-state index in [1.807, 2.05) is 23.1 Å². The number of carbonyl (C=O) groups excluding carboxylic acids is 2. The van der Waals surface area contributed by atoms with Crippen molar-refractivity contribution in [2.45, 2.75) is 31.5 Å². The Hall–Kier alpha value is -3.62. The molecule has 0 spiro atoms. The zero-order valence-corrected chi connectivity index (χ0v) is 21.9. The van der Waals surface area contributed by atoms with Gasteiger partial charge in [-0.2, -0.15) is 0 Å². The van der Waals surface area contributed by atoms with Gasteiger partial charge in [0.2, 0.25) is 5.91 Å². The molecular formula is C31H34F2N4O2. The fourth-order valence-corrected chi connectivity index (χ4v) is 5.52. The van der Waals surface area contributed by atoms with E-state index in [4.69, 9.17) is 0 Å². The monoisotopic (exact) mass is 532 g/mol. The van der Waals surface area contributed by atoms with Crippen LogP contribution >= 0.6 is 0 Å². The number of amides is 2. The van der Waals surface area contributed by atoms with Gasteiger partial charge in [0.05, 0.1) is 0 Å². The first-order valence-electron chi connectivity index (χ1n) is 13.6. The van der Waals surface area contributed by atoms with Crippen LogP contribution in [0.2, 0.25) is 0 Å². The zero-order chi connectivity index (χ0) is 27.2. The van der Waals surface area contributed by atoms with Crippen LogP contribution in [0.3, 0.4) is 0 Å². The van der Waals surface area contributed by atoms with Crippen LogP contribution in [0.5, 0.6) is 0 Å². The Morgan fingerprint density at radius 3 is 2.15 bits per heavy atom. The Morgan fingerprint density at radius 1 is 0.846 bits per heavy atom. The molecule has 0 bridgehead atoms. The molecule has 0 radical (unpaired) electrons. The fraction of sp³-hybridized carbons (Fsp3) is 0.355. The summed E-state index contributed by atoms with van der Waals surface area (Å²) in [6.07, 6.45) is 1.31. The topological polar surface area (TPSA) is 55.9 Å². The van der Waals surface area contributed by atoms with E-state index in [9.17, 15) is 18.4 Å². The smallest absolute Gasteiger partial charge is 0.254 e. The Morgan fingerprint density at radius 2 is 1.49 bits per heavy atom. The standard InChI is InChI=1S/C31H34F2N4O2/c32-26-10-6-24(7-11-26)21-36(17-14-23-4-2-1-3-5-23)28-20-29(31(39)35-18-15-34-16-19-35)37(22-28)30(38)25-8-12-27(33)13-9-25/h1-13,28-29,34H,14-22H2. The number of nitrogens with one attached hydrogen (secondary N) is 1. The number of nitrogens with zero attached hydrogens (tertiary/aromatic N) is 3. The number of rotatable bonds is 8. The zero-order valence-electron chi connectivity index (χ0n) is 21.9. The van der Waals surface area contributed by atoms with Gasteiger partial charge in [0.25, 0.3) is 5.91 Å². The molecule has 6 nitrogen and oxygen atoms in total. The summed E-state index contributed by atoms with van der Waals surface area (Å²) in [7, 11) is 0. The maximum absolute atomic E-state index is 13.7. The molecule has 5 rings (SSSR count). The van der Waals surface area contributed by atoms with Gasteiger partial charge in [-0.1, -0.05) is 42.5 Å². The quantitative estimate of drug-likeness (QED) is 0.481. The molecule has 2 aliphatic heterocycles. The first-order chi connectivity index (χ1) is 19.0. The van der Waals surface area contributed by atoms with E-state index in [0.717, 1.165) is 31.6 Å². The molecule has 3 aromatic carbocycles. The largest absolute Gasteiger partial charge is 0.338 e. The first-order valence-corrected chi connectivity index (χ1v) is 13.6. The average molecular weight is 533 g/mol. The van der Waals surface area contributed by atoms with Gasteiger partial charge >= 0.3 is 0 Å². The van der Waals surface area contributed by atoms with Crippen molar-refractivity contribution in [1.82, 2.24) is 20.0 Å². The second-order valence-electron chi connectivity index (χ2n) is 10.3. The van der Waals surface area contributed by atoms with Crippen LogP contribution in [-0.2, 0) is 17.8 Å². The minimum Gasteiger partial charge on any atom is -0.338 e. The third-order valence-corrected chi connectivity index (χ3v) is 7.69. The predicted molar refractivity (Wildman–Crippen MR) is 146 cm³/mol. The van der Waals surface area contributed by atoms with Crippen molar-refractivity contribution in [3.8, 4) is 0 Å². The van der Waals surface area contributed by atoms with Crippen molar-refractivity contribution < 1.29 is 18.4 Å².